The Labute approximate surface area is 168 Å². The predicted octanol–water partition coefficient (Wildman–Crippen LogP) is 3.94. The number of anilines is 1. The van der Waals surface area contributed by atoms with E-state index in [2.05, 4.69) is 0 Å². The third-order valence-electron chi connectivity index (χ3n) is 4.60. The van der Waals surface area contributed by atoms with Crippen molar-refractivity contribution < 1.29 is 14.3 Å². The van der Waals surface area contributed by atoms with Crippen molar-refractivity contribution in [3.63, 3.8) is 0 Å². The van der Waals surface area contributed by atoms with Gasteiger partial charge in [-0.1, -0.05) is 23.2 Å². The minimum absolute atomic E-state index is 0.119. The lowest BCUT2D eigenvalue weighted by Crippen LogP contribution is -2.58. The average Bonchev–Trinajstić information content (AvgIpc) is 2.64. The molecule has 2 aromatic carbocycles. The molecule has 27 heavy (non-hydrogen) atoms. The van der Waals surface area contributed by atoms with Gasteiger partial charge in [0.2, 0.25) is 5.91 Å². The molecule has 2 aromatic rings. The van der Waals surface area contributed by atoms with Crippen LogP contribution in [-0.4, -0.2) is 42.5 Å². The number of halogens is 2. The van der Waals surface area contributed by atoms with Crippen molar-refractivity contribution in [2.75, 3.05) is 24.6 Å². The lowest BCUT2D eigenvalue weighted by Gasteiger charge is -2.39. The Morgan fingerprint density at radius 3 is 2.44 bits per heavy atom. The molecule has 0 radical (unpaired) electrons. The first-order chi connectivity index (χ1) is 12.9. The fourth-order valence-corrected chi connectivity index (χ4v) is 3.48. The van der Waals surface area contributed by atoms with Gasteiger partial charge in [-0.2, -0.15) is 0 Å². The second-order valence-corrected chi connectivity index (χ2v) is 7.30. The van der Waals surface area contributed by atoms with E-state index in [1.54, 1.807) is 47.1 Å². The van der Waals surface area contributed by atoms with Gasteiger partial charge in [-0.3, -0.25) is 9.59 Å². The molecule has 1 saturated heterocycles. The van der Waals surface area contributed by atoms with Gasteiger partial charge < -0.3 is 14.5 Å². The van der Waals surface area contributed by atoms with Crippen molar-refractivity contribution in [2.24, 2.45) is 0 Å². The maximum Gasteiger partial charge on any atom is 0.261 e. The fraction of sp³-hybridized carbons (Fsp3) is 0.300. The molecule has 0 saturated carbocycles. The first-order valence-corrected chi connectivity index (χ1v) is 9.38. The van der Waals surface area contributed by atoms with Crippen LogP contribution >= 0.6 is 23.2 Å². The van der Waals surface area contributed by atoms with Crippen molar-refractivity contribution in [1.82, 2.24) is 4.90 Å². The zero-order valence-electron chi connectivity index (χ0n) is 15.1. The monoisotopic (exact) mass is 406 g/mol. The Kier molecular flexibility index (Phi) is 5.92. The number of aryl methyl sites for hydroxylation is 1. The van der Waals surface area contributed by atoms with Crippen LogP contribution in [0.2, 0.25) is 10.0 Å². The quantitative estimate of drug-likeness (QED) is 0.772. The number of piperazine rings is 1. The largest absolute Gasteiger partial charge is 0.484 e. The Balaban J connectivity index is 1.65. The zero-order valence-corrected chi connectivity index (χ0v) is 16.6. The third kappa shape index (κ3) is 4.37. The number of amides is 2. The molecule has 142 valence electrons. The summed E-state index contributed by atoms with van der Waals surface area (Å²) in [6.45, 7) is 4.39. The molecule has 0 aliphatic carbocycles. The van der Waals surface area contributed by atoms with E-state index < -0.39 is 6.04 Å². The smallest absolute Gasteiger partial charge is 0.261 e. The molecule has 1 aliphatic heterocycles. The second kappa shape index (κ2) is 8.19. The highest BCUT2D eigenvalue weighted by Gasteiger charge is 2.35. The lowest BCUT2D eigenvalue weighted by atomic mass is 10.1. The Morgan fingerprint density at radius 1 is 1.11 bits per heavy atom. The standard InChI is InChI=1S/C20H20Cl2N2O3/c1-13-11-16(22)5-8-18(13)24-10-9-23(14(2)20(24)26)19(25)12-27-17-6-3-15(21)4-7-17/h3-8,11,14H,9-10,12H2,1-2H3/t14-/m1/s1. The number of ether oxygens (including phenoxy) is 1. The molecule has 0 aromatic heterocycles. The van der Waals surface area contributed by atoms with Crippen molar-refractivity contribution in [2.45, 2.75) is 19.9 Å². The highest BCUT2D eigenvalue weighted by molar-refractivity contribution is 6.31. The summed E-state index contributed by atoms with van der Waals surface area (Å²) in [4.78, 5) is 28.6. The maximum absolute atomic E-state index is 12.8. The molecule has 3 rings (SSSR count). The number of carbonyl (C=O) groups is 2. The summed E-state index contributed by atoms with van der Waals surface area (Å²) in [5.41, 5.74) is 1.75. The number of hydrogen-bond donors (Lipinski definition) is 0. The van der Waals surface area contributed by atoms with Gasteiger partial charge in [-0.05, 0) is 61.9 Å². The van der Waals surface area contributed by atoms with E-state index in [1.807, 2.05) is 19.1 Å². The van der Waals surface area contributed by atoms with Gasteiger partial charge in [-0.15, -0.1) is 0 Å². The van der Waals surface area contributed by atoms with Crippen molar-refractivity contribution in [3.05, 3.63) is 58.1 Å². The molecular formula is C20H20Cl2N2O3. The van der Waals surface area contributed by atoms with E-state index in [4.69, 9.17) is 27.9 Å². The number of rotatable bonds is 4. The first-order valence-electron chi connectivity index (χ1n) is 8.62. The molecule has 0 bridgehead atoms. The van der Waals surface area contributed by atoms with E-state index in [0.717, 1.165) is 11.3 Å². The molecule has 1 heterocycles. The van der Waals surface area contributed by atoms with Crippen LogP contribution in [0.25, 0.3) is 0 Å². The van der Waals surface area contributed by atoms with Gasteiger partial charge in [-0.25, -0.2) is 0 Å². The van der Waals surface area contributed by atoms with Gasteiger partial charge >= 0.3 is 0 Å². The van der Waals surface area contributed by atoms with Crippen LogP contribution in [0.5, 0.6) is 5.75 Å². The molecule has 2 amide bonds. The van der Waals surface area contributed by atoms with Gasteiger partial charge in [0.1, 0.15) is 11.8 Å². The Bertz CT molecular complexity index is 855. The van der Waals surface area contributed by atoms with Crippen molar-refractivity contribution >= 4 is 40.7 Å². The van der Waals surface area contributed by atoms with Crippen molar-refractivity contribution in [1.29, 1.82) is 0 Å². The van der Waals surface area contributed by atoms with E-state index in [0.29, 0.717) is 28.9 Å². The molecule has 1 aliphatic rings. The summed E-state index contributed by atoms with van der Waals surface area (Å²) < 4.78 is 5.51. The maximum atomic E-state index is 12.8. The normalized spacial score (nSPS) is 17.2. The number of benzene rings is 2. The minimum Gasteiger partial charge on any atom is -0.484 e. The van der Waals surface area contributed by atoms with E-state index in [1.165, 1.54) is 0 Å². The van der Waals surface area contributed by atoms with Crippen LogP contribution in [0.4, 0.5) is 5.69 Å². The molecular weight excluding hydrogens is 387 g/mol. The molecule has 1 fully saturated rings. The molecule has 0 unspecified atom stereocenters. The SMILES string of the molecule is Cc1cc(Cl)ccc1N1CCN(C(=O)COc2ccc(Cl)cc2)[C@H](C)C1=O. The number of carbonyl (C=O) groups excluding carboxylic acids is 2. The summed E-state index contributed by atoms with van der Waals surface area (Å²) in [6.07, 6.45) is 0. The number of hydrogen-bond acceptors (Lipinski definition) is 3. The highest BCUT2D eigenvalue weighted by atomic mass is 35.5. The lowest BCUT2D eigenvalue weighted by molar-refractivity contribution is -0.142. The van der Waals surface area contributed by atoms with Crippen LogP contribution < -0.4 is 9.64 Å². The minimum atomic E-state index is -0.560. The van der Waals surface area contributed by atoms with Gasteiger partial charge in [0.15, 0.2) is 6.61 Å². The second-order valence-electron chi connectivity index (χ2n) is 6.43. The Morgan fingerprint density at radius 2 is 1.78 bits per heavy atom. The fourth-order valence-electron chi connectivity index (χ4n) is 3.13. The Hall–Kier alpha value is -2.24. The summed E-state index contributed by atoms with van der Waals surface area (Å²) in [5, 5.41) is 1.23. The highest BCUT2D eigenvalue weighted by Crippen LogP contribution is 2.26. The molecule has 5 nitrogen and oxygen atoms in total. The van der Waals surface area contributed by atoms with Gasteiger partial charge in [0.25, 0.3) is 5.91 Å². The van der Waals surface area contributed by atoms with Crippen molar-refractivity contribution in [3.8, 4) is 5.75 Å². The molecule has 7 heteroatoms. The van der Waals surface area contributed by atoms with Crippen LogP contribution in [0.3, 0.4) is 0 Å². The average molecular weight is 407 g/mol. The summed E-state index contributed by atoms with van der Waals surface area (Å²) in [6, 6.07) is 11.7. The summed E-state index contributed by atoms with van der Waals surface area (Å²) >= 11 is 11.8. The summed E-state index contributed by atoms with van der Waals surface area (Å²) in [5.74, 6) is 0.215. The van der Waals surface area contributed by atoms with Crippen LogP contribution in [0.15, 0.2) is 42.5 Å². The molecule has 0 spiro atoms. The zero-order chi connectivity index (χ0) is 19.6. The first kappa shape index (κ1) is 19.5. The van der Waals surface area contributed by atoms with Crippen LogP contribution in [-0.2, 0) is 9.59 Å². The van der Waals surface area contributed by atoms with Crippen LogP contribution in [0, 0.1) is 6.92 Å². The predicted molar refractivity (Wildman–Crippen MR) is 107 cm³/mol. The summed E-state index contributed by atoms with van der Waals surface area (Å²) in [7, 11) is 0. The molecule has 1 atom stereocenters. The van der Waals surface area contributed by atoms with E-state index >= 15 is 0 Å². The molecule has 0 N–H and O–H groups in total. The number of nitrogens with zero attached hydrogens (tertiary/aromatic N) is 2. The van der Waals surface area contributed by atoms with Gasteiger partial charge in [0, 0.05) is 28.8 Å². The van der Waals surface area contributed by atoms with Gasteiger partial charge in [0.05, 0.1) is 0 Å². The topological polar surface area (TPSA) is 49.9 Å². The third-order valence-corrected chi connectivity index (χ3v) is 5.09. The van der Waals surface area contributed by atoms with Crippen LogP contribution in [0.1, 0.15) is 12.5 Å². The van der Waals surface area contributed by atoms with E-state index in [-0.39, 0.29) is 18.4 Å². The van der Waals surface area contributed by atoms with E-state index in [9.17, 15) is 9.59 Å².